The summed E-state index contributed by atoms with van der Waals surface area (Å²) in [6.45, 7) is 1.71. The third-order valence-electron chi connectivity index (χ3n) is 7.06. The van der Waals surface area contributed by atoms with Crippen molar-refractivity contribution in [3.8, 4) is 5.75 Å². The Kier molecular flexibility index (Phi) is 6.77. The highest BCUT2D eigenvalue weighted by atomic mass is 32.2. The summed E-state index contributed by atoms with van der Waals surface area (Å²) in [6, 6.07) is 17.8. The molecule has 6 rings (SSSR count). The molecule has 202 valence electrons. The smallest absolute Gasteiger partial charge is 0.308 e. The number of imide groups is 1. The van der Waals surface area contributed by atoms with Crippen molar-refractivity contribution in [3.63, 3.8) is 0 Å². The summed E-state index contributed by atoms with van der Waals surface area (Å²) in [4.78, 5) is 59.7. The summed E-state index contributed by atoms with van der Waals surface area (Å²) in [6.07, 6.45) is 3.30. The Balaban J connectivity index is 1.37. The first-order valence-electron chi connectivity index (χ1n) is 12.5. The number of thiazole rings is 1. The van der Waals surface area contributed by atoms with Crippen LogP contribution in [-0.2, 0) is 20.9 Å². The van der Waals surface area contributed by atoms with Crippen molar-refractivity contribution in [2.75, 3.05) is 17.3 Å². The van der Waals surface area contributed by atoms with Gasteiger partial charge in [-0.1, -0.05) is 46.9 Å². The molecule has 4 aromatic rings. The number of hydrogen-bond acceptors (Lipinski definition) is 8. The van der Waals surface area contributed by atoms with Gasteiger partial charge in [-0.25, -0.2) is 4.90 Å². The Morgan fingerprint density at radius 2 is 1.77 bits per heavy atom. The maximum absolute atomic E-state index is 13.9. The largest absolute Gasteiger partial charge is 0.497 e. The second-order valence-corrected chi connectivity index (χ2v) is 11.7. The first-order valence-corrected chi connectivity index (χ1v) is 14.2. The number of carbonyl (C=O) groups excluding carboxylic acids is 3. The molecule has 2 aliphatic rings. The molecule has 0 saturated carbocycles. The fourth-order valence-electron chi connectivity index (χ4n) is 5.14. The van der Waals surface area contributed by atoms with Gasteiger partial charge in [-0.3, -0.25) is 28.7 Å². The second-order valence-electron chi connectivity index (χ2n) is 9.58. The van der Waals surface area contributed by atoms with Crippen LogP contribution in [-0.4, -0.2) is 39.6 Å². The number of aryl methyl sites for hydroxylation is 1. The van der Waals surface area contributed by atoms with E-state index in [0.29, 0.717) is 27.0 Å². The van der Waals surface area contributed by atoms with E-state index >= 15 is 0 Å². The van der Waals surface area contributed by atoms with Crippen LogP contribution in [0.4, 0.5) is 11.4 Å². The zero-order chi connectivity index (χ0) is 28.0. The van der Waals surface area contributed by atoms with Gasteiger partial charge in [0.05, 0.1) is 23.7 Å². The number of ether oxygens (including phenoxy) is 1. The number of pyridine rings is 1. The van der Waals surface area contributed by atoms with Crippen molar-refractivity contribution < 1.29 is 19.1 Å². The predicted molar refractivity (Wildman–Crippen MR) is 153 cm³/mol. The minimum absolute atomic E-state index is 0.231. The number of aromatic nitrogens is 2. The Morgan fingerprint density at radius 3 is 2.45 bits per heavy atom. The van der Waals surface area contributed by atoms with Crippen LogP contribution < -0.4 is 19.8 Å². The SMILES string of the molecule is COc1ccc(NC(=O)Cn2c3c(sc2=O)[C@@H](c2cccnc2)[C@@H]2C(=O)N(c4ccc(C)cc4)C(=O)[C@@H]2S3)cc1. The van der Waals surface area contributed by atoms with Crippen molar-refractivity contribution in [3.05, 3.63) is 98.7 Å². The monoisotopic (exact) mass is 572 g/mol. The van der Waals surface area contributed by atoms with Crippen molar-refractivity contribution >= 4 is 52.2 Å². The topological polar surface area (TPSA) is 111 Å². The van der Waals surface area contributed by atoms with E-state index in [0.717, 1.165) is 22.5 Å². The Labute approximate surface area is 237 Å². The number of anilines is 2. The van der Waals surface area contributed by atoms with Crippen LogP contribution >= 0.6 is 23.1 Å². The van der Waals surface area contributed by atoms with Gasteiger partial charge in [0.2, 0.25) is 17.7 Å². The lowest BCUT2D eigenvalue weighted by molar-refractivity contribution is -0.122. The number of hydrogen-bond donors (Lipinski definition) is 1. The zero-order valence-corrected chi connectivity index (χ0v) is 23.2. The third kappa shape index (κ3) is 4.50. The number of benzene rings is 2. The fraction of sp³-hybridized carbons (Fsp3) is 0.207. The van der Waals surface area contributed by atoms with Gasteiger partial charge in [0.1, 0.15) is 17.5 Å². The van der Waals surface area contributed by atoms with Gasteiger partial charge in [-0.2, -0.15) is 0 Å². The van der Waals surface area contributed by atoms with Gasteiger partial charge in [0.25, 0.3) is 0 Å². The highest BCUT2D eigenvalue weighted by molar-refractivity contribution is 8.00. The normalized spacial score (nSPS) is 19.8. The molecule has 3 amide bonds. The van der Waals surface area contributed by atoms with Crippen LogP contribution in [0.2, 0.25) is 0 Å². The van der Waals surface area contributed by atoms with Gasteiger partial charge < -0.3 is 10.1 Å². The van der Waals surface area contributed by atoms with Crippen LogP contribution in [0.5, 0.6) is 5.75 Å². The van der Waals surface area contributed by atoms with Crippen molar-refractivity contribution in [1.29, 1.82) is 0 Å². The Bertz CT molecular complexity index is 1670. The average molecular weight is 573 g/mol. The molecule has 2 aromatic heterocycles. The molecule has 1 N–H and O–H groups in total. The van der Waals surface area contributed by atoms with Crippen molar-refractivity contribution in [1.82, 2.24) is 9.55 Å². The number of nitrogens with zero attached hydrogens (tertiary/aromatic N) is 3. The Hall–Kier alpha value is -4.22. The summed E-state index contributed by atoms with van der Waals surface area (Å²) in [5, 5.41) is 2.58. The van der Waals surface area contributed by atoms with Gasteiger partial charge in [-0.05, 0) is 55.0 Å². The molecule has 0 bridgehead atoms. The molecule has 4 heterocycles. The molecule has 40 heavy (non-hydrogen) atoms. The summed E-state index contributed by atoms with van der Waals surface area (Å²) >= 11 is 2.19. The summed E-state index contributed by atoms with van der Waals surface area (Å²) < 4.78 is 6.55. The molecule has 0 unspecified atom stereocenters. The van der Waals surface area contributed by atoms with E-state index in [-0.39, 0.29) is 29.1 Å². The molecule has 1 saturated heterocycles. The lowest BCUT2D eigenvalue weighted by Crippen LogP contribution is -2.33. The number of thioether (sulfide) groups is 1. The average Bonchev–Trinajstić information content (AvgIpc) is 3.40. The zero-order valence-electron chi connectivity index (χ0n) is 21.6. The molecule has 1 fully saturated rings. The molecule has 0 aliphatic carbocycles. The quantitative estimate of drug-likeness (QED) is 0.347. The maximum Gasteiger partial charge on any atom is 0.308 e. The first kappa shape index (κ1) is 26.0. The molecule has 2 aromatic carbocycles. The maximum atomic E-state index is 13.9. The minimum Gasteiger partial charge on any atom is -0.497 e. The molecule has 0 radical (unpaired) electrons. The van der Waals surface area contributed by atoms with E-state index in [1.165, 1.54) is 21.2 Å². The first-order chi connectivity index (χ1) is 19.4. The van der Waals surface area contributed by atoms with Gasteiger partial charge >= 0.3 is 4.87 Å². The van der Waals surface area contributed by atoms with Crippen molar-refractivity contribution in [2.45, 2.75) is 29.7 Å². The molecule has 9 nitrogen and oxygen atoms in total. The highest BCUT2D eigenvalue weighted by Crippen LogP contribution is 2.53. The van der Waals surface area contributed by atoms with Crippen LogP contribution in [0.3, 0.4) is 0 Å². The van der Waals surface area contributed by atoms with E-state index in [9.17, 15) is 19.2 Å². The number of methoxy groups -OCH3 is 1. The van der Waals surface area contributed by atoms with Crippen LogP contribution in [0.25, 0.3) is 0 Å². The molecule has 0 spiro atoms. The summed E-state index contributed by atoms with van der Waals surface area (Å²) in [7, 11) is 1.56. The van der Waals surface area contributed by atoms with Gasteiger partial charge in [0, 0.05) is 28.9 Å². The molecule has 2 aliphatic heterocycles. The fourth-order valence-corrected chi connectivity index (χ4v) is 7.91. The van der Waals surface area contributed by atoms with E-state index in [1.54, 1.807) is 62.0 Å². The number of carbonyl (C=O) groups is 3. The third-order valence-corrected chi connectivity index (χ3v) is 9.66. The molecule has 11 heteroatoms. The van der Waals surface area contributed by atoms with Gasteiger partial charge in [-0.15, -0.1) is 0 Å². The van der Waals surface area contributed by atoms with Crippen LogP contribution in [0.1, 0.15) is 21.9 Å². The molecule has 3 atom stereocenters. The molecular formula is C29H24N4O5S2. The highest BCUT2D eigenvalue weighted by Gasteiger charge is 2.56. The number of fused-ring (bicyclic) bond motifs is 2. The number of rotatable bonds is 6. The van der Waals surface area contributed by atoms with Crippen molar-refractivity contribution in [2.24, 2.45) is 5.92 Å². The van der Waals surface area contributed by atoms with Gasteiger partial charge in [0.15, 0.2) is 0 Å². The molecular weight excluding hydrogens is 548 g/mol. The summed E-state index contributed by atoms with van der Waals surface area (Å²) in [5.41, 5.74) is 2.83. The standard InChI is InChI=1S/C29H24N4O5S2/c1-16-5-9-19(10-6-16)33-26(35)23-22(17-4-3-13-30-14-17)25-28(39-24(23)27(33)36)32(29(37)40-25)15-21(34)31-18-7-11-20(38-2)12-8-18/h3-14,22-24H,15H2,1-2H3,(H,31,34)/t22-,23-,24+/m0/s1. The van der Waals surface area contributed by atoms with E-state index in [1.807, 2.05) is 25.1 Å². The number of amides is 3. The van der Waals surface area contributed by atoms with Crippen LogP contribution in [0, 0.1) is 12.8 Å². The lowest BCUT2D eigenvalue weighted by atomic mass is 9.84. The van der Waals surface area contributed by atoms with E-state index in [4.69, 9.17) is 4.74 Å². The minimum atomic E-state index is -0.753. The second kappa shape index (κ2) is 10.4. The Morgan fingerprint density at radius 1 is 1.02 bits per heavy atom. The summed E-state index contributed by atoms with van der Waals surface area (Å²) in [5.74, 6) is -1.64. The number of nitrogens with one attached hydrogen (secondary N) is 1. The predicted octanol–water partition coefficient (Wildman–Crippen LogP) is 4.06. The lowest BCUT2D eigenvalue weighted by Gasteiger charge is -2.30. The van der Waals surface area contributed by atoms with E-state index < -0.39 is 17.1 Å². The van der Waals surface area contributed by atoms with Crippen LogP contribution in [0.15, 0.2) is 82.9 Å². The van der Waals surface area contributed by atoms with E-state index in [2.05, 4.69) is 10.3 Å².